The number of benzene rings is 2. The first-order valence-corrected chi connectivity index (χ1v) is 9.33. The van der Waals surface area contributed by atoms with Crippen molar-refractivity contribution in [1.29, 1.82) is 0 Å². The quantitative estimate of drug-likeness (QED) is 0.754. The number of carboxylic acids is 1. The maximum atomic E-state index is 12.4. The molecular formula is C23H21NO4. The van der Waals surface area contributed by atoms with Crippen LogP contribution in [-0.4, -0.2) is 29.8 Å². The summed E-state index contributed by atoms with van der Waals surface area (Å²) in [4.78, 5) is 24.0. The number of carbonyl (C=O) groups is 2. The van der Waals surface area contributed by atoms with Crippen LogP contribution in [0.3, 0.4) is 0 Å². The van der Waals surface area contributed by atoms with E-state index in [-0.39, 0.29) is 12.5 Å². The van der Waals surface area contributed by atoms with E-state index in [1.54, 1.807) is 0 Å². The predicted molar refractivity (Wildman–Crippen MR) is 105 cm³/mol. The molecule has 5 heteroatoms. The Morgan fingerprint density at radius 3 is 2.21 bits per heavy atom. The van der Waals surface area contributed by atoms with E-state index in [1.807, 2.05) is 36.4 Å². The van der Waals surface area contributed by atoms with Gasteiger partial charge in [-0.3, -0.25) is 0 Å². The van der Waals surface area contributed by atoms with Gasteiger partial charge in [-0.1, -0.05) is 48.5 Å². The number of nitrogens with one attached hydrogen (secondary N) is 1. The molecule has 5 nitrogen and oxygen atoms in total. The molecule has 0 bridgehead atoms. The second kappa shape index (κ2) is 7.05. The molecule has 1 amide bonds. The molecular weight excluding hydrogens is 354 g/mol. The Morgan fingerprint density at radius 1 is 1.14 bits per heavy atom. The van der Waals surface area contributed by atoms with Crippen LogP contribution < -0.4 is 5.32 Å². The molecule has 2 aliphatic carbocycles. The molecule has 0 heterocycles. The number of fused-ring (bicyclic) bond motifs is 3. The summed E-state index contributed by atoms with van der Waals surface area (Å²) in [5.74, 6) is 1.37. The van der Waals surface area contributed by atoms with E-state index in [9.17, 15) is 14.7 Å². The lowest BCUT2D eigenvalue weighted by Gasteiger charge is -2.23. The minimum absolute atomic E-state index is 0.0676. The van der Waals surface area contributed by atoms with Crippen molar-refractivity contribution in [1.82, 2.24) is 5.32 Å². The average Bonchev–Trinajstić information content (AvgIpc) is 3.40. The molecule has 28 heavy (non-hydrogen) atoms. The molecule has 0 radical (unpaired) electrons. The van der Waals surface area contributed by atoms with Crippen LogP contribution in [0.1, 0.15) is 36.3 Å². The number of amides is 1. The Balaban J connectivity index is 1.47. The van der Waals surface area contributed by atoms with Gasteiger partial charge in [0.05, 0.1) is 0 Å². The van der Waals surface area contributed by atoms with Gasteiger partial charge in [-0.05, 0) is 35.1 Å². The number of ether oxygens (including phenoxy) is 1. The van der Waals surface area contributed by atoms with Gasteiger partial charge in [-0.15, -0.1) is 12.3 Å². The fourth-order valence-corrected chi connectivity index (χ4v) is 4.17. The van der Waals surface area contributed by atoms with Crippen LogP contribution in [0, 0.1) is 17.8 Å². The number of carbonyl (C=O) groups excluding carboxylic acids is 1. The fourth-order valence-electron chi connectivity index (χ4n) is 4.17. The monoisotopic (exact) mass is 375 g/mol. The summed E-state index contributed by atoms with van der Waals surface area (Å²) in [6.45, 7) is 0.147. The first kappa shape index (κ1) is 18.1. The Morgan fingerprint density at radius 2 is 1.71 bits per heavy atom. The lowest BCUT2D eigenvalue weighted by atomic mass is 9.93. The highest BCUT2D eigenvalue weighted by atomic mass is 16.5. The van der Waals surface area contributed by atoms with Crippen LogP contribution >= 0.6 is 0 Å². The summed E-state index contributed by atoms with van der Waals surface area (Å²) in [7, 11) is 0. The SMILES string of the molecule is C#CCC1([C@@H](NC(=O)OCC2c3ccccc3-c3ccccc32)C(=O)O)CC1. The summed E-state index contributed by atoms with van der Waals surface area (Å²) in [6, 6.07) is 15.1. The summed E-state index contributed by atoms with van der Waals surface area (Å²) < 4.78 is 5.46. The lowest BCUT2D eigenvalue weighted by Crippen LogP contribution is -2.47. The van der Waals surface area contributed by atoms with E-state index in [0.29, 0.717) is 19.3 Å². The molecule has 2 N–H and O–H groups in total. The smallest absolute Gasteiger partial charge is 0.407 e. The van der Waals surface area contributed by atoms with Crippen LogP contribution in [0.15, 0.2) is 48.5 Å². The number of aliphatic carboxylic acids is 1. The molecule has 1 atom stereocenters. The standard InChI is InChI=1S/C23H21NO4/c1-2-11-23(12-13-23)20(21(25)26)24-22(27)28-14-19-17-9-5-3-7-15(17)16-8-4-6-10-18(16)19/h1,3-10,19-20H,11-14H2,(H,24,27)(H,25,26)/t20-/m0/s1. The van der Waals surface area contributed by atoms with Crippen LogP contribution in [0.4, 0.5) is 4.79 Å². The third-order valence-electron chi connectivity index (χ3n) is 5.81. The van der Waals surface area contributed by atoms with Gasteiger partial charge in [0.15, 0.2) is 0 Å². The molecule has 0 aromatic heterocycles. The van der Waals surface area contributed by atoms with Crippen LogP contribution in [0.5, 0.6) is 0 Å². The summed E-state index contributed by atoms with van der Waals surface area (Å²) in [5.41, 5.74) is 3.95. The summed E-state index contributed by atoms with van der Waals surface area (Å²) in [5, 5.41) is 12.0. The number of alkyl carbamates (subject to hydrolysis) is 1. The highest BCUT2D eigenvalue weighted by molar-refractivity contribution is 5.82. The third kappa shape index (κ3) is 3.11. The molecule has 0 unspecified atom stereocenters. The Bertz CT molecular complexity index is 925. The molecule has 0 spiro atoms. The highest BCUT2D eigenvalue weighted by Crippen LogP contribution is 2.51. The minimum atomic E-state index is -1.08. The Hall–Kier alpha value is -3.26. The molecule has 2 aromatic carbocycles. The van der Waals surface area contributed by atoms with Gasteiger partial charge >= 0.3 is 12.1 Å². The first-order valence-electron chi connectivity index (χ1n) is 9.33. The van der Waals surface area contributed by atoms with Gasteiger partial charge in [0.1, 0.15) is 12.6 Å². The van der Waals surface area contributed by atoms with Gasteiger partial charge in [0.2, 0.25) is 0 Å². The molecule has 0 saturated heterocycles. The van der Waals surface area contributed by atoms with Gasteiger partial charge in [0.25, 0.3) is 0 Å². The van der Waals surface area contributed by atoms with Crippen molar-refractivity contribution < 1.29 is 19.4 Å². The van der Waals surface area contributed by atoms with Gasteiger partial charge in [0, 0.05) is 17.8 Å². The van der Waals surface area contributed by atoms with Crippen LogP contribution in [0.2, 0.25) is 0 Å². The summed E-state index contributed by atoms with van der Waals surface area (Å²) in [6.07, 6.45) is 6.36. The zero-order chi connectivity index (χ0) is 19.7. The van der Waals surface area contributed by atoms with E-state index < -0.39 is 23.5 Å². The van der Waals surface area contributed by atoms with Crippen molar-refractivity contribution in [3.8, 4) is 23.5 Å². The molecule has 1 saturated carbocycles. The molecule has 4 rings (SSSR count). The maximum absolute atomic E-state index is 12.4. The van der Waals surface area contributed by atoms with E-state index in [4.69, 9.17) is 11.2 Å². The largest absolute Gasteiger partial charge is 0.480 e. The molecule has 0 aliphatic heterocycles. The summed E-state index contributed by atoms with van der Waals surface area (Å²) >= 11 is 0. The zero-order valence-corrected chi connectivity index (χ0v) is 15.4. The third-order valence-corrected chi connectivity index (χ3v) is 5.81. The number of rotatable bonds is 6. The van der Waals surface area contributed by atoms with E-state index in [2.05, 4.69) is 23.4 Å². The zero-order valence-electron chi connectivity index (χ0n) is 15.4. The predicted octanol–water partition coefficient (Wildman–Crippen LogP) is 3.78. The van der Waals surface area contributed by atoms with Crippen molar-refractivity contribution in [2.75, 3.05) is 6.61 Å². The lowest BCUT2D eigenvalue weighted by molar-refractivity contribution is -0.141. The number of terminal acetylenes is 1. The van der Waals surface area contributed by atoms with Crippen molar-refractivity contribution in [2.45, 2.75) is 31.2 Å². The highest BCUT2D eigenvalue weighted by Gasteiger charge is 2.53. The fraction of sp³-hybridized carbons (Fsp3) is 0.304. The topological polar surface area (TPSA) is 75.6 Å². The minimum Gasteiger partial charge on any atom is -0.480 e. The Labute approximate surface area is 163 Å². The molecule has 2 aliphatic rings. The van der Waals surface area contributed by atoms with E-state index >= 15 is 0 Å². The van der Waals surface area contributed by atoms with Crippen LogP contribution in [-0.2, 0) is 9.53 Å². The second-order valence-corrected chi connectivity index (χ2v) is 7.48. The van der Waals surface area contributed by atoms with Crippen molar-refractivity contribution in [3.63, 3.8) is 0 Å². The average molecular weight is 375 g/mol. The van der Waals surface area contributed by atoms with Crippen molar-refractivity contribution >= 4 is 12.1 Å². The molecule has 1 fully saturated rings. The maximum Gasteiger partial charge on any atom is 0.407 e. The van der Waals surface area contributed by atoms with Crippen LogP contribution in [0.25, 0.3) is 11.1 Å². The second-order valence-electron chi connectivity index (χ2n) is 7.48. The number of hydrogen-bond donors (Lipinski definition) is 2. The molecule has 142 valence electrons. The van der Waals surface area contributed by atoms with Gasteiger partial charge in [-0.2, -0.15) is 0 Å². The molecule has 2 aromatic rings. The van der Waals surface area contributed by atoms with E-state index in [0.717, 1.165) is 22.3 Å². The normalized spacial score (nSPS) is 17.0. The van der Waals surface area contributed by atoms with Crippen molar-refractivity contribution in [3.05, 3.63) is 59.7 Å². The first-order chi connectivity index (χ1) is 13.6. The van der Waals surface area contributed by atoms with Gasteiger partial charge < -0.3 is 15.2 Å². The Kier molecular flexibility index (Phi) is 4.56. The van der Waals surface area contributed by atoms with Gasteiger partial charge in [-0.25, -0.2) is 9.59 Å². The van der Waals surface area contributed by atoms with Crippen molar-refractivity contribution in [2.24, 2.45) is 5.41 Å². The number of hydrogen-bond acceptors (Lipinski definition) is 3. The number of carboxylic acid groups (broad SMARTS) is 1. The van der Waals surface area contributed by atoms with E-state index in [1.165, 1.54) is 0 Å².